The molecule has 0 spiro atoms. The molecular weight excluding hydrogens is 468 g/mol. The largest absolute Gasteiger partial charge is 0.458 e. The SMILES string of the molecule is CCC1CC2C3=C(C(=O)OC2CC1O)[C@@H](C1CCC(Cl)CC1)NC1=C3SC2NC(C)CC(C)C12. The number of hydrogen-bond donors (Lipinski definition) is 3. The maximum atomic E-state index is 13.6. The Labute approximate surface area is 212 Å². The van der Waals surface area contributed by atoms with Crippen LogP contribution in [0.15, 0.2) is 21.7 Å². The van der Waals surface area contributed by atoms with Crippen LogP contribution in [0, 0.1) is 29.6 Å². The Kier molecular flexibility index (Phi) is 6.27. The van der Waals surface area contributed by atoms with Gasteiger partial charge in [0.1, 0.15) is 6.10 Å². The molecule has 4 heterocycles. The van der Waals surface area contributed by atoms with Gasteiger partial charge in [-0.3, -0.25) is 0 Å². The molecule has 2 saturated carbocycles. The normalized spacial score (nSPS) is 48.4. The predicted molar refractivity (Wildman–Crippen MR) is 136 cm³/mol. The van der Waals surface area contributed by atoms with E-state index in [9.17, 15) is 9.90 Å². The van der Waals surface area contributed by atoms with E-state index in [1.807, 2.05) is 11.8 Å². The molecule has 7 heteroatoms. The van der Waals surface area contributed by atoms with Gasteiger partial charge in [-0.05, 0) is 68.8 Å². The topological polar surface area (TPSA) is 70.6 Å². The van der Waals surface area contributed by atoms with Gasteiger partial charge in [-0.15, -0.1) is 23.4 Å². The lowest BCUT2D eigenvalue weighted by Crippen LogP contribution is -2.53. The predicted octanol–water partition coefficient (Wildman–Crippen LogP) is 4.69. The third-order valence-electron chi connectivity index (χ3n) is 9.66. The van der Waals surface area contributed by atoms with E-state index in [1.165, 1.54) is 22.6 Å². The average molecular weight is 507 g/mol. The fourth-order valence-electron chi connectivity index (χ4n) is 7.91. The van der Waals surface area contributed by atoms with E-state index in [-0.39, 0.29) is 41.4 Å². The number of aliphatic hydroxyl groups is 1. The summed E-state index contributed by atoms with van der Waals surface area (Å²) >= 11 is 8.41. The molecule has 6 aliphatic rings. The number of ether oxygens (including phenoxy) is 1. The number of alkyl halides is 1. The quantitative estimate of drug-likeness (QED) is 0.372. The van der Waals surface area contributed by atoms with Gasteiger partial charge in [-0.2, -0.15) is 0 Å². The number of nitrogens with one attached hydrogen (secondary N) is 2. The van der Waals surface area contributed by atoms with Crippen molar-refractivity contribution in [1.82, 2.24) is 10.6 Å². The number of hydrogen-bond acceptors (Lipinski definition) is 6. The van der Waals surface area contributed by atoms with Crippen molar-refractivity contribution in [2.24, 2.45) is 29.6 Å². The standard InChI is InChI=1S/C27H39ClN2O3S/c1-4-14-10-17-19(11-18(14)31)33-27(32)22-21(17)25-24(20-12(2)9-13(3)29-26(20)34-25)30-23(22)15-5-7-16(28)8-6-15/h12-20,23,26,29-31H,4-11H2,1-3H3/t12?,13?,14?,15?,16?,17?,18?,19?,20?,23-,26?/m1/s1. The molecule has 34 heavy (non-hydrogen) atoms. The number of fused-ring (bicyclic) bond motifs is 5. The molecule has 9 atom stereocenters. The number of halogens is 1. The smallest absolute Gasteiger partial charge is 0.336 e. The molecule has 0 amide bonds. The zero-order valence-corrected chi connectivity index (χ0v) is 22.1. The zero-order chi connectivity index (χ0) is 23.7. The maximum absolute atomic E-state index is 13.6. The molecule has 0 aromatic carbocycles. The molecule has 4 aliphatic heterocycles. The Balaban J connectivity index is 1.44. The van der Waals surface area contributed by atoms with Gasteiger partial charge in [0, 0.05) is 40.3 Å². The van der Waals surface area contributed by atoms with Crippen LogP contribution in [0.25, 0.3) is 0 Å². The van der Waals surface area contributed by atoms with Crippen molar-refractivity contribution in [3.63, 3.8) is 0 Å². The van der Waals surface area contributed by atoms with Gasteiger partial charge >= 0.3 is 5.97 Å². The molecule has 8 unspecified atom stereocenters. The van der Waals surface area contributed by atoms with E-state index in [0.717, 1.165) is 44.1 Å². The highest BCUT2D eigenvalue weighted by Gasteiger charge is 2.54. The number of rotatable bonds is 2. The van der Waals surface area contributed by atoms with Crippen molar-refractivity contribution in [3.8, 4) is 0 Å². The molecule has 5 nitrogen and oxygen atoms in total. The number of carbonyl (C=O) groups excluding carboxylic acids is 1. The molecule has 0 bridgehead atoms. The fourth-order valence-corrected chi connectivity index (χ4v) is 9.98. The Bertz CT molecular complexity index is 914. The summed E-state index contributed by atoms with van der Waals surface area (Å²) in [4.78, 5) is 14.9. The highest BCUT2D eigenvalue weighted by Crippen LogP contribution is 2.57. The molecule has 188 valence electrons. The lowest BCUT2D eigenvalue weighted by molar-refractivity contribution is -0.155. The van der Waals surface area contributed by atoms with Crippen LogP contribution in [0.3, 0.4) is 0 Å². The van der Waals surface area contributed by atoms with Crippen molar-refractivity contribution in [3.05, 3.63) is 21.7 Å². The summed E-state index contributed by atoms with van der Waals surface area (Å²) in [5.74, 6) is 1.76. The third-order valence-corrected chi connectivity index (χ3v) is 11.5. The van der Waals surface area contributed by atoms with Crippen molar-refractivity contribution in [1.29, 1.82) is 0 Å². The molecular formula is C27H39ClN2O3S. The minimum Gasteiger partial charge on any atom is -0.458 e. The number of esters is 1. The second-order valence-corrected chi connectivity index (χ2v) is 13.6. The first kappa shape index (κ1) is 23.7. The summed E-state index contributed by atoms with van der Waals surface area (Å²) in [6, 6.07) is 0.524. The Morgan fingerprint density at radius 1 is 1.12 bits per heavy atom. The van der Waals surface area contributed by atoms with E-state index >= 15 is 0 Å². The van der Waals surface area contributed by atoms with Gasteiger partial charge < -0.3 is 20.5 Å². The van der Waals surface area contributed by atoms with Crippen LogP contribution in [0.1, 0.15) is 72.1 Å². The summed E-state index contributed by atoms with van der Waals surface area (Å²) in [6.45, 7) is 6.86. The molecule has 3 fully saturated rings. The first-order valence-electron chi connectivity index (χ1n) is 13.6. The summed E-state index contributed by atoms with van der Waals surface area (Å²) in [5.41, 5.74) is 3.56. The summed E-state index contributed by atoms with van der Waals surface area (Å²) < 4.78 is 6.10. The number of aliphatic hydroxyl groups excluding tert-OH is 1. The minimum atomic E-state index is -0.382. The molecule has 3 N–H and O–H groups in total. The minimum absolute atomic E-state index is 0.0178. The van der Waals surface area contributed by atoms with Crippen LogP contribution in [0.5, 0.6) is 0 Å². The Hall–Kier alpha value is -0.690. The van der Waals surface area contributed by atoms with Gasteiger partial charge in [0.2, 0.25) is 0 Å². The second kappa shape index (κ2) is 9.00. The van der Waals surface area contributed by atoms with Gasteiger partial charge in [0.05, 0.1) is 23.1 Å². The van der Waals surface area contributed by atoms with Crippen LogP contribution >= 0.6 is 23.4 Å². The fraction of sp³-hybridized carbons (Fsp3) is 0.815. The monoisotopic (exact) mass is 506 g/mol. The van der Waals surface area contributed by atoms with Crippen molar-refractivity contribution >= 4 is 29.3 Å². The van der Waals surface area contributed by atoms with E-state index in [1.54, 1.807) is 0 Å². The lowest BCUT2D eigenvalue weighted by Gasteiger charge is -2.47. The molecule has 2 aliphatic carbocycles. The van der Waals surface area contributed by atoms with Crippen LogP contribution in [0.4, 0.5) is 0 Å². The van der Waals surface area contributed by atoms with Crippen LogP contribution in [0.2, 0.25) is 0 Å². The average Bonchev–Trinajstić information content (AvgIpc) is 3.17. The molecule has 0 aromatic heterocycles. The zero-order valence-electron chi connectivity index (χ0n) is 20.6. The number of piperidine rings is 1. The van der Waals surface area contributed by atoms with Crippen LogP contribution < -0.4 is 10.6 Å². The van der Waals surface area contributed by atoms with E-state index < -0.39 is 0 Å². The summed E-state index contributed by atoms with van der Waals surface area (Å²) in [6.07, 6.45) is 7.14. The highest BCUT2D eigenvalue weighted by atomic mass is 35.5. The van der Waals surface area contributed by atoms with Gasteiger partial charge in [0.25, 0.3) is 0 Å². The molecule has 0 radical (unpaired) electrons. The van der Waals surface area contributed by atoms with Gasteiger partial charge in [-0.1, -0.05) is 20.3 Å². The second-order valence-electron chi connectivity index (χ2n) is 11.8. The molecule has 6 rings (SSSR count). The Morgan fingerprint density at radius 3 is 2.62 bits per heavy atom. The number of thioether (sulfide) groups is 1. The van der Waals surface area contributed by atoms with Crippen molar-refractivity contribution in [2.75, 3.05) is 0 Å². The van der Waals surface area contributed by atoms with Crippen molar-refractivity contribution < 1.29 is 14.6 Å². The van der Waals surface area contributed by atoms with Crippen LogP contribution in [-0.4, -0.2) is 46.1 Å². The van der Waals surface area contributed by atoms with E-state index in [0.29, 0.717) is 35.6 Å². The van der Waals surface area contributed by atoms with Crippen LogP contribution in [-0.2, 0) is 9.53 Å². The third kappa shape index (κ3) is 3.77. The Morgan fingerprint density at radius 2 is 1.88 bits per heavy atom. The highest BCUT2D eigenvalue weighted by molar-refractivity contribution is 8.04. The number of dihydropyridines is 1. The number of allylic oxidation sites excluding steroid dienone is 1. The number of carbonyl (C=O) groups is 1. The van der Waals surface area contributed by atoms with Gasteiger partial charge in [-0.25, -0.2) is 4.79 Å². The van der Waals surface area contributed by atoms with Gasteiger partial charge in [0.15, 0.2) is 0 Å². The van der Waals surface area contributed by atoms with Crippen molar-refractivity contribution in [2.45, 2.75) is 107 Å². The molecule has 1 saturated heterocycles. The first-order valence-corrected chi connectivity index (χ1v) is 14.9. The van der Waals surface area contributed by atoms with E-state index in [4.69, 9.17) is 16.3 Å². The lowest BCUT2D eigenvalue weighted by atomic mass is 9.67. The summed E-state index contributed by atoms with van der Waals surface area (Å²) in [5, 5.41) is 19.2. The summed E-state index contributed by atoms with van der Waals surface area (Å²) in [7, 11) is 0. The molecule has 0 aromatic rings. The maximum Gasteiger partial charge on any atom is 0.336 e. The first-order chi connectivity index (χ1) is 16.4. The van der Waals surface area contributed by atoms with E-state index in [2.05, 4.69) is 31.4 Å².